The molecule has 0 aliphatic carbocycles. The molecule has 1 unspecified atom stereocenters. The van der Waals surface area contributed by atoms with E-state index in [1.807, 2.05) is 12.1 Å². The second-order valence-electron chi connectivity index (χ2n) is 4.58. The van der Waals surface area contributed by atoms with Crippen molar-refractivity contribution in [2.75, 3.05) is 0 Å². The summed E-state index contributed by atoms with van der Waals surface area (Å²) < 4.78 is 0. The molecule has 0 fully saturated rings. The molecular formula is C14H19BrN2. The number of unbranched alkanes of at least 4 members (excludes halogenated alkanes) is 2. The van der Waals surface area contributed by atoms with Crippen LogP contribution in [0.2, 0.25) is 0 Å². The summed E-state index contributed by atoms with van der Waals surface area (Å²) >= 11 is 3.58. The van der Waals surface area contributed by atoms with Crippen molar-refractivity contribution in [1.29, 1.82) is 0 Å². The lowest BCUT2D eigenvalue weighted by Gasteiger charge is -2.01. The van der Waals surface area contributed by atoms with Gasteiger partial charge in [-0.2, -0.15) is 0 Å². The highest BCUT2D eigenvalue weighted by Gasteiger charge is 2.02. The van der Waals surface area contributed by atoms with Gasteiger partial charge in [0, 0.05) is 11.2 Å². The van der Waals surface area contributed by atoms with E-state index in [0.29, 0.717) is 4.83 Å². The lowest BCUT2D eigenvalue weighted by atomic mass is 10.1. The van der Waals surface area contributed by atoms with Crippen molar-refractivity contribution in [3.8, 4) is 0 Å². The van der Waals surface area contributed by atoms with Crippen LogP contribution in [0.3, 0.4) is 0 Å². The van der Waals surface area contributed by atoms with Gasteiger partial charge in [0.25, 0.3) is 0 Å². The quantitative estimate of drug-likeness (QED) is 0.619. The molecule has 0 aliphatic rings. The van der Waals surface area contributed by atoms with Crippen LogP contribution in [0.1, 0.15) is 38.4 Å². The third kappa shape index (κ3) is 3.84. The summed E-state index contributed by atoms with van der Waals surface area (Å²) in [5.41, 5.74) is 2.23. The Morgan fingerprint density at radius 1 is 1.24 bits per heavy atom. The van der Waals surface area contributed by atoms with Gasteiger partial charge in [-0.15, -0.1) is 0 Å². The molecule has 3 heteroatoms. The Bertz CT molecular complexity index is 429. The number of aromatic nitrogens is 2. The topological polar surface area (TPSA) is 28.7 Å². The van der Waals surface area contributed by atoms with E-state index in [4.69, 9.17) is 0 Å². The molecule has 17 heavy (non-hydrogen) atoms. The van der Waals surface area contributed by atoms with Crippen LogP contribution in [-0.4, -0.2) is 14.8 Å². The minimum absolute atomic E-state index is 0.647. The number of nitrogens with one attached hydrogen (secondary N) is 1. The van der Waals surface area contributed by atoms with E-state index in [2.05, 4.69) is 45.0 Å². The minimum atomic E-state index is 0.647. The highest BCUT2D eigenvalue weighted by Crippen LogP contribution is 2.14. The van der Waals surface area contributed by atoms with E-state index in [-0.39, 0.29) is 0 Å². The molecule has 2 aromatic rings. The largest absolute Gasteiger partial charge is 0.342 e. The predicted molar refractivity (Wildman–Crippen MR) is 76.7 cm³/mol. The van der Waals surface area contributed by atoms with Crippen LogP contribution in [-0.2, 0) is 6.42 Å². The van der Waals surface area contributed by atoms with Gasteiger partial charge in [-0.25, -0.2) is 4.98 Å². The average molecular weight is 295 g/mol. The molecular weight excluding hydrogens is 276 g/mol. The number of alkyl halides is 1. The van der Waals surface area contributed by atoms with Crippen molar-refractivity contribution < 1.29 is 0 Å². The molecule has 2 rings (SSSR count). The van der Waals surface area contributed by atoms with Gasteiger partial charge in [0.15, 0.2) is 0 Å². The van der Waals surface area contributed by atoms with Gasteiger partial charge in [0.2, 0.25) is 0 Å². The lowest BCUT2D eigenvalue weighted by Crippen LogP contribution is -1.92. The maximum absolute atomic E-state index is 4.58. The molecule has 2 nitrogen and oxygen atoms in total. The smallest absolute Gasteiger partial charge is 0.107 e. The predicted octanol–water partition coefficient (Wildman–Crippen LogP) is 4.45. The number of aryl methyl sites for hydroxylation is 1. The van der Waals surface area contributed by atoms with Crippen LogP contribution in [0.15, 0.2) is 24.3 Å². The second kappa shape index (κ2) is 6.20. The van der Waals surface area contributed by atoms with Gasteiger partial charge < -0.3 is 4.98 Å². The highest BCUT2D eigenvalue weighted by atomic mass is 79.9. The summed E-state index contributed by atoms with van der Waals surface area (Å²) in [7, 11) is 0. The Kier molecular flexibility index (Phi) is 4.60. The lowest BCUT2D eigenvalue weighted by molar-refractivity contribution is 0.634. The molecule has 0 radical (unpaired) electrons. The Balaban J connectivity index is 1.79. The third-order valence-electron chi connectivity index (χ3n) is 2.95. The maximum atomic E-state index is 4.58. The first kappa shape index (κ1) is 12.6. The molecule has 0 spiro atoms. The molecule has 0 saturated heterocycles. The molecule has 92 valence electrons. The van der Waals surface area contributed by atoms with Gasteiger partial charge in [-0.05, 0) is 25.0 Å². The Morgan fingerprint density at radius 3 is 2.82 bits per heavy atom. The van der Waals surface area contributed by atoms with E-state index in [9.17, 15) is 0 Å². The van der Waals surface area contributed by atoms with E-state index in [1.54, 1.807) is 0 Å². The molecule has 0 amide bonds. The minimum Gasteiger partial charge on any atom is -0.342 e. The number of fused-ring (bicyclic) bond motifs is 1. The second-order valence-corrected chi connectivity index (χ2v) is 6.14. The number of imidazole rings is 1. The van der Waals surface area contributed by atoms with Gasteiger partial charge in [-0.3, -0.25) is 0 Å². The number of aromatic amines is 1. The Hall–Kier alpha value is -0.830. The number of nitrogens with zero attached hydrogens (tertiary/aromatic N) is 1. The molecule has 1 atom stereocenters. The van der Waals surface area contributed by atoms with E-state index >= 15 is 0 Å². The van der Waals surface area contributed by atoms with Gasteiger partial charge in [0.1, 0.15) is 5.82 Å². The summed E-state index contributed by atoms with van der Waals surface area (Å²) in [6.07, 6.45) is 6.13. The van der Waals surface area contributed by atoms with E-state index in [0.717, 1.165) is 23.3 Å². The summed E-state index contributed by atoms with van der Waals surface area (Å²) in [6, 6.07) is 8.21. The fourth-order valence-electron chi connectivity index (χ4n) is 2.02. The Morgan fingerprint density at radius 2 is 2.06 bits per heavy atom. The first-order valence-electron chi connectivity index (χ1n) is 6.33. The van der Waals surface area contributed by atoms with Crippen molar-refractivity contribution >= 4 is 27.0 Å². The average Bonchev–Trinajstić information content (AvgIpc) is 2.70. The molecule has 1 aromatic carbocycles. The summed E-state index contributed by atoms with van der Waals surface area (Å²) in [5, 5.41) is 0. The van der Waals surface area contributed by atoms with Gasteiger partial charge in [0.05, 0.1) is 11.0 Å². The number of H-pyrrole nitrogens is 1. The first-order chi connectivity index (χ1) is 8.25. The number of halogens is 1. The number of rotatable bonds is 6. The van der Waals surface area contributed by atoms with Crippen molar-refractivity contribution in [2.24, 2.45) is 0 Å². The molecule has 1 aromatic heterocycles. The van der Waals surface area contributed by atoms with Crippen LogP contribution in [0, 0.1) is 0 Å². The SMILES string of the molecule is CC(Br)CCCCCc1nc2ccccc2[nH]1. The van der Waals surface area contributed by atoms with Crippen molar-refractivity contribution in [2.45, 2.75) is 43.9 Å². The fourth-order valence-corrected chi connectivity index (χ4v) is 2.34. The zero-order chi connectivity index (χ0) is 12.1. The van der Waals surface area contributed by atoms with Crippen LogP contribution in [0.25, 0.3) is 11.0 Å². The standard InChI is InChI=1S/C14H19BrN2/c1-11(15)7-3-2-4-10-14-16-12-8-5-6-9-13(12)17-14/h5-6,8-9,11H,2-4,7,10H2,1H3,(H,16,17). The Labute approximate surface area is 111 Å². The van der Waals surface area contributed by atoms with Crippen molar-refractivity contribution in [1.82, 2.24) is 9.97 Å². The summed E-state index contributed by atoms with van der Waals surface area (Å²) in [4.78, 5) is 8.60. The van der Waals surface area contributed by atoms with Crippen LogP contribution >= 0.6 is 15.9 Å². The van der Waals surface area contributed by atoms with E-state index in [1.165, 1.54) is 25.7 Å². The summed E-state index contributed by atoms with van der Waals surface area (Å²) in [6.45, 7) is 2.21. The first-order valence-corrected chi connectivity index (χ1v) is 7.25. The van der Waals surface area contributed by atoms with Crippen LogP contribution in [0.4, 0.5) is 0 Å². The van der Waals surface area contributed by atoms with Crippen LogP contribution < -0.4 is 0 Å². The maximum Gasteiger partial charge on any atom is 0.107 e. The molecule has 0 bridgehead atoms. The molecule has 0 saturated carbocycles. The number of hydrogen-bond acceptors (Lipinski definition) is 1. The third-order valence-corrected chi connectivity index (χ3v) is 3.41. The molecule has 0 aliphatic heterocycles. The highest BCUT2D eigenvalue weighted by molar-refractivity contribution is 9.09. The number of hydrogen-bond donors (Lipinski definition) is 1. The number of benzene rings is 1. The van der Waals surface area contributed by atoms with Gasteiger partial charge >= 0.3 is 0 Å². The van der Waals surface area contributed by atoms with Crippen molar-refractivity contribution in [3.63, 3.8) is 0 Å². The normalized spacial score (nSPS) is 13.1. The molecule has 1 N–H and O–H groups in total. The van der Waals surface area contributed by atoms with E-state index < -0.39 is 0 Å². The summed E-state index contributed by atoms with van der Waals surface area (Å²) in [5.74, 6) is 1.12. The fraction of sp³-hybridized carbons (Fsp3) is 0.500. The zero-order valence-corrected chi connectivity index (χ0v) is 11.8. The van der Waals surface area contributed by atoms with Gasteiger partial charge in [-0.1, -0.05) is 47.8 Å². The number of para-hydroxylation sites is 2. The molecule has 1 heterocycles. The van der Waals surface area contributed by atoms with Crippen molar-refractivity contribution in [3.05, 3.63) is 30.1 Å². The monoisotopic (exact) mass is 294 g/mol. The zero-order valence-electron chi connectivity index (χ0n) is 10.2. The van der Waals surface area contributed by atoms with Crippen LogP contribution in [0.5, 0.6) is 0 Å².